The first-order valence-corrected chi connectivity index (χ1v) is 6.68. The number of nitrogens with zero attached hydrogens (tertiary/aromatic N) is 3. The normalized spacial score (nSPS) is 11.1. The molecular formula is C15H14ClN3. The van der Waals surface area contributed by atoms with E-state index in [-0.39, 0.29) is 0 Å². The van der Waals surface area contributed by atoms with Gasteiger partial charge in [-0.05, 0) is 13.3 Å². The summed E-state index contributed by atoms with van der Waals surface area (Å²) in [5, 5.41) is 4.94. The van der Waals surface area contributed by atoms with Gasteiger partial charge in [0.05, 0.1) is 11.9 Å². The molecule has 1 aromatic carbocycles. The predicted molar refractivity (Wildman–Crippen MR) is 77.5 cm³/mol. The second kappa shape index (κ2) is 4.67. The zero-order chi connectivity index (χ0) is 13.4. The van der Waals surface area contributed by atoms with Crippen LogP contribution in [-0.4, -0.2) is 14.6 Å². The molecule has 0 aliphatic rings. The highest BCUT2D eigenvalue weighted by Crippen LogP contribution is 2.28. The average molecular weight is 272 g/mol. The Kier molecular flexibility index (Phi) is 2.99. The molecule has 96 valence electrons. The minimum Gasteiger partial charge on any atom is -0.228 e. The second-order valence-corrected chi connectivity index (χ2v) is 4.86. The minimum atomic E-state index is 0.628. The van der Waals surface area contributed by atoms with Gasteiger partial charge in [-0.2, -0.15) is 5.10 Å². The summed E-state index contributed by atoms with van der Waals surface area (Å²) in [7, 11) is 0. The van der Waals surface area contributed by atoms with E-state index in [0.29, 0.717) is 5.15 Å². The van der Waals surface area contributed by atoms with Crippen LogP contribution in [0.2, 0.25) is 5.15 Å². The summed E-state index contributed by atoms with van der Waals surface area (Å²) in [5.41, 5.74) is 4.91. The molecule has 0 aliphatic carbocycles. The van der Waals surface area contributed by atoms with Gasteiger partial charge in [0.2, 0.25) is 0 Å². The van der Waals surface area contributed by atoms with Crippen molar-refractivity contribution in [3.63, 3.8) is 0 Å². The van der Waals surface area contributed by atoms with Gasteiger partial charge in [0.1, 0.15) is 5.15 Å². The molecule has 2 aromatic heterocycles. The molecule has 0 saturated carbocycles. The molecule has 0 N–H and O–H groups in total. The Morgan fingerprint density at radius 2 is 1.95 bits per heavy atom. The van der Waals surface area contributed by atoms with Gasteiger partial charge in [0, 0.05) is 16.7 Å². The predicted octanol–water partition coefficient (Wildman–Crippen LogP) is 3.92. The molecule has 3 nitrogen and oxygen atoms in total. The zero-order valence-electron chi connectivity index (χ0n) is 10.9. The van der Waals surface area contributed by atoms with Crippen molar-refractivity contribution in [3.8, 4) is 11.3 Å². The third-order valence-electron chi connectivity index (χ3n) is 3.31. The SMILES string of the molecule is CCc1cnn2c(Cl)c(C)c(-c3ccccc3)nc12. The van der Waals surface area contributed by atoms with Crippen LogP contribution in [0.4, 0.5) is 0 Å². The lowest BCUT2D eigenvalue weighted by atomic mass is 10.1. The fourth-order valence-electron chi connectivity index (χ4n) is 2.21. The summed E-state index contributed by atoms with van der Waals surface area (Å²) in [6, 6.07) is 10.1. The van der Waals surface area contributed by atoms with Crippen molar-refractivity contribution in [3.05, 3.63) is 52.8 Å². The smallest absolute Gasteiger partial charge is 0.160 e. The summed E-state index contributed by atoms with van der Waals surface area (Å²) in [4.78, 5) is 4.75. The van der Waals surface area contributed by atoms with Gasteiger partial charge in [-0.15, -0.1) is 0 Å². The molecule has 0 radical (unpaired) electrons. The molecule has 19 heavy (non-hydrogen) atoms. The Bertz CT molecular complexity index is 732. The summed E-state index contributed by atoms with van der Waals surface area (Å²) < 4.78 is 1.71. The summed E-state index contributed by atoms with van der Waals surface area (Å²) in [5.74, 6) is 0. The van der Waals surface area contributed by atoms with E-state index in [1.165, 1.54) is 0 Å². The van der Waals surface area contributed by atoms with Gasteiger partial charge in [-0.3, -0.25) is 0 Å². The molecule has 0 aliphatic heterocycles. The lowest BCUT2D eigenvalue weighted by molar-refractivity contribution is 0.930. The summed E-state index contributed by atoms with van der Waals surface area (Å²) in [6.45, 7) is 4.07. The maximum Gasteiger partial charge on any atom is 0.160 e. The van der Waals surface area contributed by atoms with Crippen molar-refractivity contribution in [1.82, 2.24) is 14.6 Å². The van der Waals surface area contributed by atoms with Crippen LogP contribution >= 0.6 is 11.6 Å². The van der Waals surface area contributed by atoms with Crippen molar-refractivity contribution in [2.24, 2.45) is 0 Å². The Hall–Kier alpha value is -1.87. The number of rotatable bonds is 2. The van der Waals surface area contributed by atoms with Gasteiger partial charge < -0.3 is 0 Å². The molecule has 2 heterocycles. The topological polar surface area (TPSA) is 30.2 Å². The van der Waals surface area contributed by atoms with Crippen molar-refractivity contribution in [2.75, 3.05) is 0 Å². The molecule has 4 heteroatoms. The number of aryl methyl sites for hydroxylation is 1. The Balaban J connectivity index is 2.34. The number of halogens is 1. The van der Waals surface area contributed by atoms with Crippen molar-refractivity contribution in [2.45, 2.75) is 20.3 Å². The van der Waals surface area contributed by atoms with Crippen molar-refractivity contribution >= 4 is 17.2 Å². The monoisotopic (exact) mass is 271 g/mol. The molecule has 0 atom stereocenters. The van der Waals surface area contributed by atoms with Crippen LogP contribution in [0.15, 0.2) is 36.5 Å². The van der Waals surface area contributed by atoms with Gasteiger partial charge in [0.25, 0.3) is 0 Å². The molecule has 3 rings (SSSR count). The average Bonchev–Trinajstić information content (AvgIpc) is 2.86. The Labute approximate surface area is 116 Å². The first-order valence-electron chi connectivity index (χ1n) is 6.30. The standard InChI is InChI=1S/C15H14ClN3/c1-3-11-9-17-19-14(16)10(2)13(18-15(11)19)12-7-5-4-6-8-12/h4-9H,3H2,1-2H3. The van der Waals surface area contributed by atoms with E-state index in [2.05, 4.69) is 12.0 Å². The van der Waals surface area contributed by atoms with Crippen LogP contribution in [0, 0.1) is 6.92 Å². The highest BCUT2D eigenvalue weighted by molar-refractivity contribution is 6.30. The van der Waals surface area contributed by atoms with Crippen LogP contribution in [0.5, 0.6) is 0 Å². The summed E-state index contributed by atoms with van der Waals surface area (Å²) >= 11 is 6.41. The molecule has 0 saturated heterocycles. The molecule has 3 aromatic rings. The number of aromatic nitrogens is 3. The van der Waals surface area contributed by atoms with Crippen molar-refractivity contribution in [1.29, 1.82) is 0 Å². The Morgan fingerprint density at radius 1 is 1.21 bits per heavy atom. The van der Waals surface area contributed by atoms with Crippen LogP contribution < -0.4 is 0 Å². The van der Waals surface area contributed by atoms with Gasteiger partial charge in [0.15, 0.2) is 5.65 Å². The third kappa shape index (κ3) is 1.90. The molecule has 0 unspecified atom stereocenters. The lowest BCUT2D eigenvalue weighted by Gasteiger charge is -2.09. The van der Waals surface area contributed by atoms with Gasteiger partial charge >= 0.3 is 0 Å². The quantitative estimate of drug-likeness (QED) is 0.661. The van der Waals surface area contributed by atoms with Crippen molar-refractivity contribution < 1.29 is 0 Å². The minimum absolute atomic E-state index is 0.628. The van der Waals surface area contributed by atoms with Gasteiger partial charge in [-0.1, -0.05) is 48.9 Å². The highest BCUT2D eigenvalue weighted by atomic mass is 35.5. The molecule has 0 fully saturated rings. The largest absolute Gasteiger partial charge is 0.228 e. The third-order valence-corrected chi connectivity index (χ3v) is 3.76. The molecular weight excluding hydrogens is 258 g/mol. The molecule has 0 amide bonds. The molecule has 0 spiro atoms. The maximum atomic E-state index is 6.41. The number of fused-ring (bicyclic) bond motifs is 1. The van der Waals surface area contributed by atoms with Gasteiger partial charge in [-0.25, -0.2) is 9.50 Å². The zero-order valence-corrected chi connectivity index (χ0v) is 11.6. The maximum absolute atomic E-state index is 6.41. The first-order chi connectivity index (χ1) is 9.22. The lowest BCUT2D eigenvalue weighted by Crippen LogP contribution is -2.00. The number of hydrogen-bond acceptors (Lipinski definition) is 2. The Morgan fingerprint density at radius 3 is 2.63 bits per heavy atom. The van der Waals surface area contributed by atoms with E-state index >= 15 is 0 Å². The highest BCUT2D eigenvalue weighted by Gasteiger charge is 2.14. The van der Waals surface area contributed by atoms with E-state index in [9.17, 15) is 0 Å². The van der Waals surface area contributed by atoms with E-state index in [1.54, 1.807) is 4.52 Å². The molecule has 0 bridgehead atoms. The van der Waals surface area contributed by atoms with Crippen LogP contribution in [0.25, 0.3) is 16.9 Å². The number of hydrogen-bond donors (Lipinski definition) is 0. The van der Waals surface area contributed by atoms with Crippen LogP contribution in [-0.2, 0) is 6.42 Å². The fourth-order valence-corrected chi connectivity index (χ4v) is 2.42. The van der Waals surface area contributed by atoms with E-state index in [0.717, 1.165) is 34.5 Å². The number of benzene rings is 1. The first kappa shape index (κ1) is 12.2. The van der Waals surface area contributed by atoms with E-state index < -0.39 is 0 Å². The fraction of sp³-hybridized carbons (Fsp3) is 0.200. The van der Waals surface area contributed by atoms with E-state index in [1.807, 2.05) is 43.5 Å². The van der Waals surface area contributed by atoms with E-state index in [4.69, 9.17) is 16.6 Å². The second-order valence-electron chi connectivity index (χ2n) is 4.50. The van der Waals surface area contributed by atoms with Crippen LogP contribution in [0.1, 0.15) is 18.1 Å². The van der Waals surface area contributed by atoms with Crippen LogP contribution in [0.3, 0.4) is 0 Å². The summed E-state index contributed by atoms with van der Waals surface area (Å²) in [6.07, 6.45) is 2.73.